The maximum atomic E-state index is 13.1. The SMILES string of the molecule is CCOc1ccc(C(Cc2ncc[nH]2)N2C(=O)c3ccccc3C2=O)cc1OCC. The highest BCUT2D eigenvalue weighted by atomic mass is 16.5. The van der Waals surface area contributed by atoms with Crippen LogP contribution in [0.5, 0.6) is 11.5 Å². The number of nitrogens with one attached hydrogen (secondary N) is 1. The predicted octanol–water partition coefficient (Wildman–Crippen LogP) is 3.79. The van der Waals surface area contributed by atoms with E-state index in [9.17, 15) is 9.59 Å². The number of aromatic amines is 1. The molecule has 1 aliphatic rings. The van der Waals surface area contributed by atoms with Crippen molar-refractivity contribution in [2.75, 3.05) is 13.2 Å². The first-order chi connectivity index (χ1) is 14.6. The summed E-state index contributed by atoms with van der Waals surface area (Å²) in [4.78, 5) is 35.0. The third-order valence-corrected chi connectivity index (χ3v) is 5.03. The zero-order valence-corrected chi connectivity index (χ0v) is 16.9. The molecule has 0 saturated carbocycles. The number of fused-ring (bicyclic) bond motifs is 1. The molecule has 1 unspecified atom stereocenters. The van der Waals surface area contributed by atoms with Gasteiger partial charge < -0.3 is 14.5 Å². The molecule has 7 heteroatoms. The quantitative estimate of drug-likeness (QED) is 0.577. The first kappa shape index (κ1) is 19.7. The average molecular weight is 405 g/mol. The third kappa shape index (κ3) is 3.54. The van der Waals surface area contributed by atoms with Gasteiger partial charge in [-0.1, -0.05) is 18.2 Å². The van der Waals surface area contributed by atoms with Crippen LogP contribution in [0.1, 0.15) is 52.0 Å². The lowest BCUT2D eigenvalue weighted by molar-refractivity contribution is 0.0579. The summed E-state index contributed by atoms with van der Waals surface area (Å²) in [6.07, 6.45) is 3.73. The lowest BCUT2D eigenvalue weighted by Crippen LogP contribution is -2.35. The Kier molecular flexibility index (Phi) is 5.52. The molecule has 0 aliphatic carbocycles. The molecule has 1 N–H and O–H groups in total. The van der Waals surface area contributed by atoms with Crippen molar-refractivity contribution in [1.29, 1.82) is 0 Å². The molecular weight excluding hydrogens is 382 g/mol. The van der Waals surface area contributed by atoms with E-state index < -0.39 is 6.04 Å². The van der Waals surface area contributed by atoms with E-state index in [1.54, 1.807) is 36.7 Å². The van der Waals surface area contributed by atoms with Crippen molar-refractivity contribution in [2.24, 2.45) is 0 Å². The highest BCUT2D eigenvalue weighted by molar-refractivity contribution is 6.21. The van der Waals surface area contributed by atoms with Crippen molar-refractivity contribution in [1.82, 2.24) is 14.9 Å². The van der Waals surface area contributed by atoms with Crippen molar-refractivity contribution < 1.29 is 19.1 Å². The number of nitrogens with zero attached hydrogens (tertiary/aromatic N) is 2. The molecule has 7 nitrogen and oxygen atoms in total. The highest BCUT2D eigenvalue weighted by Gasteiger charge is 2.40. The summed E-state index contributed by atoms with van der Waals surface area (Å²) in [7, 11) is 0. The minimum Gasteiger partial charge on any atom is -0.490 e. The minimum absolute atomic E-state index is 0.306. The molecule has 1 aromatic heterocycles. The molecule has 2 aromatic carbocycles. The number of carbonyl (C=O) groups is 2. The minimum atomic E-state index is -0.543. The number of benzene rings is 2. The van der Waals surface area contributed by atoms with Gasteiger partial charge in [0, 0.05) is 18.8 Å². The summed E-state index contributed by atoms with van der Waals surface area (Å²) in [6.45, 7) is 4.78. The standard InChI is InChI=1S/C23H23N3O4/c1-3-29-19-10-9-15(13-20(19)30-4-2)18(14-21-24-11-12-25-21)26-22(27)16-7-5-6-8-17(16)23(26)28/h5-13,18H,3-4,14H2,1-2H3,(H,24,25). The van der Waals surface area contributed by atoms with Gasteiger partial charge >= 0.3 is 0 Å². The van der Waals surface area contributed by atoms with Gasteiger partial charge in [0.1, 0.15) is 5.82 Å². The fourth-order valence-corrected chi connectivity index (χ4v) is 3.72. The van der Waals surface area contributed by atoms with Gasteiger partial charge in [0.05, 0.1) is 30.4 Å². The molecule has 154 valence electrons. The summed E-state index contributed by atoms with van der Waals surface area (Å²) < 4.78 is 11.4. The Morgan fingerprint density at radius 2 is 1.63 bits per heavy atom. The van der Waals surface area contributed by atoms with Gasteiger partial charge in [-0.15, -0.1) is 0 Å². The maximum absolute atomic E-state index is 13.1. The van der Waals surface area contributed by atoms with Gasteiger partial charge in [0.15, 0.2) is 11.5 Å². The summed E-state index contributed by atoms with van der Waals surface area (Å²) in [5.41, 5.74) is 1.61. The van der Waals surface area contributed by atoms with Crippen molar-refractivity contribution in [3.8, 4) is 11.5 Å². The van der Waals surface area contributed by atoms with E-state index in [0.717, 1.165) is 5.56 Å². The number of imidazole rings is 1. The average Bonchev–Trinajstić information content (AvgIpc) is 3.35. The van der Waals surface area contributed by atoms with E-state index in [2.05, 4.69) is 9.97 Å². The van der Waals surface area contributed by atoms with E-state index in [1.807, 2.05) is 32.0 Å². The lowest BCUT2D eigenvalue weighted by atomic mass is 10.0. The van der Waals surface area contributed by atoms with E-state index in [1.165, 1.54) is 4.90 Å². The van der Waals surface area contributed by atoms with Crippen LogP contribution in [0.2, 0.25) is 0 Å². The van der Waals surface area contributed by atoms with E-state index >= 15 is 0 Å². The van der Waals surface area contributed by atoms with Crippen LogP contribution >= 0.6 is 0 Å². The fraction of sp³-hybridized carbons (Fsp3) is 0.261. The van der Waals surface area contributed by atoms with Gasteiger partial charge in [0.25, 0.3) is 11.8 Å². The Morgan fingerprint density at radius 1 is 0.967 bits per heavy atom. The summed E-state index contributed by atoms with van der Waals surface area (Å²) >= 11 is 0. The second-order valence-corrected chi connectivity index (χ2v) is 6.85. The van der Waals surface area contributed by atoms with Gasteiger partial charge in [0.2, 0.25) is 0 Å². The Morgan fingerprint density at radius 3 is 2.23 bits per heavy atom. The van der Waals surface area contributed by atoms with Gasteiger partial charge in [-0.3, -0.25) is 14.5 Å². The largest absolute Gasteiger partial charge is 0.490 e. The van der Waals surface area contributed by atoms with Crippen LogP contribution in [0.15, 0.2) is 54.9 Å². The van der Waals surface area contributed by atoms with Gasteiger partial charge in [-0.2, -0.15) is 0 Å². The van der Waals surface area contributed by atoms with Crippen LogP contribution < -0.4 is 9.47 Å². The van der Waals surface area contributed by atoms with Crippen LogP contribution in [0.25, 0.3) is 0 Å². The predicted molar refractivity (Wildman–Crippen MR) is 111 cm³/mol. The first-order valence-electron chi connectivity index (χ1n) is 9.98. The number of H-pyrrole nitrogens is 1. The summed E-state index contributed by atoms with van der Waals surface area (Å²) in [5.74, 6) is 1.28. The Labute approximate surface area is 174 Å². The van der Waals surface area contributed by atoms with Crippen LogP contribution in [0.4, 0.5) is 0 Å². The summed E-state index contributed by atoms with van der Waals surface area (Å²) in [6, 6.07) is 11.9. The molecule has 1 atom stereocenters. The van der Waals surface area contributed by atoms with Crippen LogP contribution in [-0.2, 0) is 6.42 Å². The topological polar surface area (TPSA) is 84.5 Å². The number of imide groups is 1. The molecule has 0 saturated heterocycles. The number of rotatable bonds is 8. The molecule has 3 aromatic rings. The van der Waals surface area contributed by atoms with Gasteiger partial charge in [-0.05, 0) is 43.7 Å². The van der Waals surface area contributed by atoms with E-state index in [-0.39, 0.29) is 11.8 Å². The number of aromatic nitrogens is 2. The Hall–Kier alpha value is -3.61. The maximum Gasteiger partial charge on any atom is 0.262 e. The molecule has 4 rings (SSSR count). The third-order valence-electron chi connectivity index (χ3n) is 5.03. The molecule has 0 radical (unpaired) electrons. The smallest absolute Gasteiger partial charge is 0.262 e. The fourth-order valence-electron chi connectivity index (χ4n) is 3.72. The second-order valence-electron chi connectivity index (χ2n) is 6.85. The summed E-state index contributed by atoms with van der Waals surface area (Å²) in [5, 5.41) is 0. The number of amides is 2. The van der Waals surface area contributed by atoms with E-state index in [4.69, 9.17) is 9.47 Å². The first-order valence-corrected chi connectivity index (χ1v) is 9.98. The van der Waals surface area contributed by atoms with Crippen molar-refractivity contribution in [2.45, 2.75) is 26.3 Å². The number of ether oxygens (including phenoxy) is 2. The molecule has 1 aliphatic heterocycles. The van der Waals surface area contributed by atoms with Crippen molar-refractivity contribution >= 4 is 11.8 Å². The molecule has 0 spiro atoms. The molecule has 0 fully saturated rings. The zero-order valence-electron chi connectivity index (χ0n) is 16.9. The number of carbonyl (C=O) groups excluding carboxylic acids is 2. The molecule has 2 amide bonds. The number of hydrogen-bond acceptors (Lipinski definition) is 5. The lowest BCUT2D eigenvalue weighted by Gasteiger charge is -2.27. The van der Waals surface area contributed by atoms with Crippen LogP contribution in [0, 0.1) is 0 Å². The Bertz CT molecular complexity index is 1030. The van der Waals surface area contributed by atoms with Crippen LogP contribution in [-0.4, -0.2) is 39.9 Å². The molecular formula is C23H23N3O4. The normalized spacial score (nSPS) is 14.0. The van der Waals surface area contributed by atoms with Gasteiger partial charge in [-0.25, -0.2) is 4.98 Å². The zero-order chi connectivity index (χ0) is 21.1. The Balaban J connectivity index is 1.77. The van der Waals surface area contributed by atoms with Crippen molar-refractivity contribution in [3.63, 3.8) is 0 Å². The number of hydrogen-bond donors (Lipinski definition) is 1. The monoisotopic (exact) mass is 405 g/mol. The molecule has 30 heavy (non-hydrogen) atoms. The van der Waals surface area contributed by atoms with Crippen molar-refractivity contribution in [3.05, 3.63) is 77.4 Å². The van der Waals surface area contributed by atoms with E-state index in [0.29, 0.717) is 48.1 Å². The molecule has 0 bridgehead atoms. The van der Waals surface area contributed by atoms with Crippen LogP contribution in [0.3, 0.4) is 0 Å². The second kappa shape index (κ2) is 8.41. The molecule has 2 heterocycles. The highest BCUT2D eigenvalue weighted by Crippen LogP contribution is 2.37.